The van der Waals surface area contributed by atoms with Gasteiger partial charge in [-0.25, -0.2) is 23.2 Å². The fourth-order valence-corrected chi connectivity index (χ4v) is 6.08. The summed E-state index contributed by atoms with van der Waals surface area (Å²) in [6.45, 7) is 9.83. The molecule has 3 fully saturated rings. The number of likely N-dealkylation sites (tertiary alicyclic amines) is 1. The number of hydrogen-bond donors (Lipinski definition) is 0. The van der Waals surface area contributed by atoms with E-state index < -0.39 is 10.0 Å². The van der Waals surface area contributed by atoms with Crippen molar-refractivity contribution in [3.05, 3.63) is 12.4 Å². The number of hydrogen-bond acceptors (Lipinski definition) is 8. The number of rotatable bonds is 8. The van der Waals surface area contributed by atoms with Crippen molar-refractivity contribution >= 4 is 21.9 Å². The van der Waals surface area contributed by atoms with Gasteiger partial charge in [0.15, 0.2) is 0 Å². The van der Waals surface area contributed by atoms with E-state index >= 15 is 0 Å². The van der Waals surface area contributed by atoms with Crippen LogP contribution in [-0.2, 0) is 14.8 Å². The Kier molecular flexibility index (Phi) is 7.51. The summed E-state index contributed by atoms with van der Waals surface area (Å²) in [5, 5.41) is 0. The highest BCUT2D eigenvalue weighted by atomic mass is 32.2. The third kappa shape index (κ3) is 6.50. The van der Waals surface area contributed by atoms with Crippen molar-refractivity contribution in [2.24, 2.45) is 11.8 Å². The van der Waals surface area contributed by atoms with Gasteiger partial charge in [0.05, 0.1) is 24.8 Å². The lowest BCUT2D eigenvalue weighted by molar-refractivity contribution is 0.0454. The van der Waals surface area contributed by atoms with E-state index in [0.717, 1.165) is 31.5 Å². The van der Waals surface area contributed by atoms with Crippen LogP contribution in [0.4, 0.5) is 10.6 Å². The standard InChI is InChI=1S/C23H37N5O5S/c1-18(2)17-34(30,31)28-12-10-26(11-13-28)20-14-25-21(15-24-20)32-16-19-4-8-27(9-5-19)22(29)33-23(3)6-7-23/h14-15,18-19H,4-13,16-17H2,1-3H3. The predicted molar refractivity (Wildman–Crippen MR) is 128 cm³/mol. The Bertz CT molecular complexity index is 935. The molecule has 0 aromatic carbocycles. The van der Waals surface area contributed by atoms with E-state index in [9.17, 15) is 13.2 Å². The number of amides is 1. The van der Waals surface area contributed by atoms with Gasteiger partial charge in [0.1, 0.15) is 11.4 Å². The van der Waals surface area contributed by atoms with Gasteiger partial charge in [-0.3, -0.25) is 0 Å². The molecule has 0 bridgehead atoms. The zero-order chi connectivity index (χ0) is 24.3. The summed E-state index contributed by atoms with van der Waals surface area (Å²) in [4.78, 5) is 24.9. The van der Waals surface area contributed by atoms with Gasteiger partial charge in [-0.1, -0.05) is 13.8 Å². The van der Waals surface area contributed by atoms with E-state index in [1.807, 2.05) is 20.8 Å². The monoisotopic (exact) mass is 495 g/mol. The van der Waals surface area contributed by atoms with Crippen molar-refractivity contribution < 1.29 is 22.7 Å². The number of carbonyl (C=O) groups is 1. The molecule has 1 aromatic rings. The number of piperidine rings is 1. The molecule has 190 valence electrons. The first-order valence-corrected chi connectivity index (χ1v) is 13.9. The van der Waals surface area contributed by atoms with Crippen molar-refractivity contribution in [1.82, 2.24) is 19.2 Å². The van der Waals surface area contributed by atoms with Crippen LogP contribution in [0.1, 0.15) is 46.5 Å². The molecule has 2 saturated heterocycles. The molecule has 0 N–H and O–H groups in total. The fourth-order valence-electron chi connectivity index (χ4n) is 4.31. The van der Waals surface area contributed by atoms with Crippen molar-refractivity contribution in [3.8, 4) is 5.88 Å². The highest BCUT2D eigenvalue weighted by molar-refractivity contribution is 7.89. The summed E-state index contributed by atoms with van der Waals surface area (Å²) in [6, 6.07) is 0. The number of ether oxygens (including phenoxy) is 2. The number of sulfonamides is 1. The van der Waals surface area contributed by atoms with Gasteiger partial charge < -0.3 is 19.3 Å². The molecular formula is C23H37N5O5S. The lowest BCUT2D eigenvalue weighted by Gasteiger charge is -2.34. The van der Waals surface area contributed by atoms with E-state index in [2.05, 4.69) is 14.9 Å². The molecule has 0 spiro atoms. The van der Waals surface area contributed by atoms with Crippen LogP contribution in [-0.4, -0.2) is 90.9 Å². The maximum Gasteiger partial charge on any atom is 0.410 e. The molecule has 0 unspecified atom stereocenters. The highest BCUT2D eigenvalue weighted by Gasteiger charge is 2.43. The van der Waals surface area contributed by atoms with Crippen LogP contribution >= 0.6 is 0 Å². The zero-order valence-electron chi connectivity index (χ0n) is 20.5. The first-order chi connectivity index (χ1) is 16.1. The molecule has 1 saturated carbocycles. The molecule has 3 aliphatic rings. The van der Waals surface area contributed by atoms with Crippen LogP contribution < -0.4 is 9.64 Å². The van der Waals surface area contributed by atoms with E-state index in [-0.39, 0.29) is 23.4 Å². The van der Waals surface area contributed by atoms with E-state index in [4.69, 9.17) is 9.47 Å². The van der Waals surface area contributed by atoms with Gasteiger partial charge in [-0.2, -0.15) is 4.31 Å². The molecule has 0 atom stereocenters. The molecule has 1 amide bonds. The molecule has 1 aliphatic carbocycles. The molecular weight excluding hydrogens is 458 g/mol. The highest BCUT2D eigenvalue weighted by Crippen LogP contribution is 2.39. The Morgan fingerprint density at radius 3 is 2.32 bits per heavy atom. The van der Waals surface area contributed by atoms with Gasteiger partial charge >= 0.3 is 6.09 Å². The summed E-state index contributed by atoms with van der Waals surface area (Å²) < 4.78 is 37.9. The summed E-state index contributed by atoms with van der Waals surface area (Å²) in [5.41, 5.74) is -0.235. The maximum absolute atomic E-state index is 12.4. The minimum atomic E-state index is -3.20. The first kappa shape index (κ1) is 25.0. The van der Waals surface area contributed by atoms with Gasteiger partial charge in [0.2, 0.25) is 15.9 Å². The summed E-state index contributed by atoms with van der Waals surface area (Å²) >= 11 is 0. The van der Waals surface area contributed by atoms with E-state index in [1.54, 1.807) is 21.6 Å². The van der Waals surface area contributed by atoms with Crippen LogP contribution in [0.15, 0.2) is 12.4 Å². The van der Waals surface area contributed by atoms with E-state index in [1.165, 1.54) is 0 Å². The van der Waals surface area contributed by atoms with Crippen LogP contribution in [0.3, 0.4) is 0 Å². The zero-order valence-corrected chi connectivity index (χ0v) is 21.3. The van der Waals surface area contributed by atoms with Crippen molar-refractivity contribution in [1.29, 1.82) is 0 Å². The van der Waals surface area contributed by atoms with Crippen LogP contribution in [0.2, 0.25) is 0 Å². The number of piperazine rings is 1. The van der Waals surface area contributed by atoms with Crippen LogP contribution in [0.25, 0.3) is 0 Å². The second kappa shape index (κ2) is 10.2. The Hall–Kier alpha value is -2.14. The minimum Gasteiger partial charge on any atom is -0.476 e. The quantitative estimate of drug-likeness (QED) is 0.541. The molecule has 0 radical (unpaired) electrons. The van der Waals surface area contributed by atoms with Crippen molar-refractivity contribution in [2.45, 2.75) is 52.1 Å². The molecule has 4 rings (SSSR count). The van der Waals surface area contributed by atoms with Crippen molar-refractivity contribution in [2.75, 3.05) is 56.5 Å². The second-order valence-corrected chi connectivity index (χ2v) is 12.3. The molecule has 10 nitrogen and oxygen atoms in total. The lowest BCUT2D eigenvalue weighted by Crippen LogP contribution is -2.49. The minimum absolute atomic E-state index is 0.112. The number of anilines is 1. The summed E-state index contributed by atoms with van der Waals surface area (Å²) in [6.07, 6.45) is 6.78. The Morgan fingerprint density at radius 1 is 1.09 bits per heavy atom. The fraction of sp³-hybridized carbons (Fsp3) is 0.783. The van der Waals surface area contributed by atoms with Crippen molar-refractivity contribution in [3.63, 3.8) is 0 Å². The Balaban J connectivity index is 1.18. The van der Waals surface area contributed by atoms with Gasteiger partial charge in [0.25, 0.3) is 0 Å². The van der Waals surface area contributed by atoms with Crippen LogP contribution in [0.5, 0.6) is 5.88 Å². The van der Waals surface area contributed by atoms with Gasteiger partial charge in [-0.05, 0) is 44.4 Å². The third-order valence-corrected chi connectivity index (χ3v) is 8.98. The average Bonchev–Trinajstić information content (AvgIpc) is 3.54. The van der Waals surface area contributed by atoms with Crippen LogP contribution in [0, 0.1) is 11.8 Å². The smallest absolute Gasteiger partial charge is 0.410 e. The summed E-state index contributed by atoms with van der Waals surface area (Å²) in [7, 11) is -3.20. The number of nitrogens with zero attached hydrogens (tertiary/aromatic N) is 5. The first-order valence-electron chi connectivity index (χ1n) is 12.3. The molecule has 34 heavy (non-hydrogen) atoms. The SMILES string of the molecule is CC(C)CS(=O)(=O)N1CCN(c2cnc(OCC3CCN(C(=O)OC4(C)CC4)CC3)cn2)CC1. The number of carbonyl (C=O) groups excluding carboxylic acids is 1. The number of aromatic nitrogens is 2. The van der Waals surface area contributed by atoms with E-state index in [0.29, 0.717) is 57.7 Å². The normalized spacial score (nSPS) is 21.5. The maximum atomic E-state index is 12.4. The summed E-state index contributed by atoms with van der Waals surface area (Å²) in [5.74, 6) is 1.86. The topological polar surface area (TPSA) is 105 Å². The van der Waals surface area contributed by atoms with Gasteiger partial charge in [0, 0.05) is 39.3 Å². The lowest BCUT2D eigenvalue weighted by atomic mass is 9.98. The molecule has 11 heteroatoms. The predicted octanol–water partition coefficient (Wildman–Crippen LogP) is 2.36. The third-order valence-electron chi connectivity index (χ3n) is 6.74. The molecule has 3 heterocycles. The second-order valence-electron chi connectivity index (χ2n) is 10.3. The largest absolute Gasteiger partial charge is 0.476 e. The molecule has 1 aromatic heterocycles. The Morgan fingerprint density at radius 2 is 1.76 bits per heavy atom. The average molecular weight is 496 g/mol. The van der Waals surface area contributed by atoms with Gasteiger partial charge in [-0.15, -0.1) is 0 Å². The Labute approximate surface area is 202 Å². The molecule has 2 aliphatic heterocycles.